The predicted molar refractivity (Wildman–Crippen MR) is 173 cm³/mol. The molecule has 0 aliphatic heterocycles. The first-order valence-corrected chi connectivity index (χ1v) is 16.1. The second kappa shape index (κ2) is 15.2. The van der Waals surface area contributed by atoms with Crippen LogP contribution in [0, 0.1) is 0 Å². The number of rotatable bonds is 14. The van der Waals surface area contributed by atoms with E-state index >= 15 is 0 Å². The zero-order chi connectivity index (χ0) is 31.5. The third-order valence-electron chi connectivity index (χ3n) is 6.94. The Bertz CT molecular complexity index is 1610. The lowest BCUT2D eigenvalue weighted by molar-refractivity contribution is -0.140. The lowest BCUT2D eigenvalue weighted by Crippen LogP contribution is -2.54. The van der Waals surface area contributed by atoms with E-state index in [1.807, 2.05) is 74.5 Å². The van der Waals surface area contributed by atoms with Crippen LogP contribution >= 0.6 is 0 Å². The van der Waals surface area contributed by atoms with E-state index in [0.29, 0.717) is 12.4 Å². The Kier molecular flexibility index (Phi) is 11.2. The fourth-order valence-corrected chi connectivity index (χ4v) is 6.33. The van der Waals surface area contributed by atoms with Gasteiger partial charge in [-0.2, -0.15) is 0 Å². The molecule has 4 rings (SSSR count). The van der Waals surface area contributed by atoms with Crippen LogP contribution < -0.4 is 14.4 Å². The van der Waals surface area contributed by atoms with Crippen molar-refractivity contribution in [3.63, 3.8) is 0 Å². The third-order valence-corrected chi connectivity index (χ3v) is 8.72. The molecule has 0 bridgehead atoms. The Balaban J connectivity index is 1.82. The van der Waals surface area contributed by atoms with Crippen molar-refractivity contribution in [2.45, 2.75) is 50.7 Å². The molecule has 230 valence electrons. The van der Waals surface area contributed by atoms with E-state index in [1.165, 1.54) is 17.0 Å². The Morgan fingerprint density at radius 3 is 1.91 bits per heavy atom. The molecule has 8 nitrogen and oxygen atoms in total. The summed E-state index contributed by atoms with van der Waals surface area (Å²) in [5.74, 6) is -0.518. The number of amides is 2. The predicted octanol–water partition coefficient (Wildman–Crippen LogP) is 5.45. The average molecular weight is 614 g/mol. The van der Waals surface area contributed by atoms with Crippen LogP contribution in [0.1, 0.15) is 31.9 Å². The number of nitrogens with one attached hydrogen (secondary N) is 1. The number of anilines is 1. The van der Waals surface area contributed by atoms with Crippen LogP contribution in [0.2, 0.25) is 0 Å². The molecule has 0 saturated carbocycles. The minimum atomic E-state index is -4.21. The van der Waals surface area contributed by atoms with Crippen molar-refractivity contribution in [1.29, 1.82) is 0 Å². The minimum Gasteiger partial charge on any atom is -0.492 e. The highest BCUT2D eigenvalue weighted by Crippen LogP contribution is 2.33. The van der Waals surface area contributed by atoms with E-state index in [2.05, 4.69) is 5.32 Å². The number of para-hydroxylation sites is 2. The van der Waals surface area contributed by atoms with Crippen molar-refractivity contribution in [2.75, 3.05) is 17.5 Å². The Hall–Kier alpha value is -4.63. The highest BCUT2D eigenvalue weighted by molar-refractivity contribution is 7.92. The van der Waals surface area contributed by atoms with Crippen molar-refractivity contribution in [1.82, 2.24) is 10.2 Å². The van der Waals surface area contributed by atoms with Crippen LogP contribution in [0.3, 0.4) is 0 Å². The highest BCUT2D eigenvalue weighted by atomic mass is 32.2. The standard InChI is InChI=1S/C35H39N3O5S/c1-4-43-33-23-15-14-22-31(33)38(44(41,42)30-20-12-7-13-21-30)26-34(39)37(25-29-18-10-6-11-19-29)32(35(40)36-27(2)3)24-28-16-8-5-9-17-28/h5-23,27,32H,4,24-26H2,1-3H3,(H,36,40). The number of hydrogen-bond donors (Lipinski definition) is 1. The van der Waals surface area contributed by atoms with Crippen LogP contribution in [0.5, 0.6) is 5.75 Å². The molecule has 0 aliphatic carbocycles. The van der Waals surface area contributed by atoms with Crippen LogP contribution in [-0.2, 0) is 32.6 Å². The van der Waals surface area contributed by atoms with Gasteiger partial charge in [0, 0.05) is 19.0 Å². The van der Waals surface area contributed by atoms with E-state index in [-0.39, 0.29) is 35.5 Å². The molecule has 2 amide bonds. The maximum absolute atomic E-state index is 14.5. The summed E-state index contributed by atoms with van der Waals surface area (Å²) in [4.78, 5) is 29.8. The van der Waals surface area contributed by atoms with Gasteiger partial charge in [0.25, 0.3) is 10.0 Å². The van der Waals surface area contributed by atoms with Gasteiger partial charge in [-0.1, -0.05) is 91.0 Å². The smallest absolute Gasteiger partial charge is 0.264 e. The largest absolute Gasteiger partial charge is 0.492 e. The zero-order valence-electron chi connectivity index (χ0n) is 25.3. The number of hydrogen-bond acceptors (Lipinski definition) is 5. The zero-order valence-corrected chi connectivity index (χ0v) is 26.1. The molecule has 1 N–H and O–H groups in total. The molecular weight excluding hydrogens is 574 g/mol. The summed E-state index contributed by atoms with van der Waals surface area (Å²) in [6, 6.07) is 32.5. The van der Waals surface area contributed by atoms with E-state index in [4.69, 9.17) is 4.74 Å². The van der Waals surface area contributed by atoms with Crippen molar-refractivity contribution in [3.05, 3.63) is 126 Å². The summed E-state index contributed by atoms with van der Waals surface area (Å²) >= 11 is 0. The van der Waals surface area contributed by atoms with E-state index < -0.39 is 28.5 Å². The van der Waals surface area contributed by atoms with Gasteiger partial charge in [0.05, 0.1) is 17.2 Å². The monoisotopic (exact) mass is 613 g/mol. The number of nitrogens with zero attached hydrogens (tertiary/aromatic N) is 2. The molecule has 9 heteroatoms. The second-order valence-electron chi connectivity index (χ2n) is 10.6. The van der Waals surface area contributed by atoms with Gasteiger partial charge in [-0.25, -0.2) is 8.42 Å². The molecule has 1 atom stereocenters. The summed E-state index contributed by atoms with van der Waals surface area (Å²) < 4.78 is 35.2. The van der Waals surface area contributed by atoms with Gasteiger partial charge in [-0.05, 0) is 56.2 Å². The molecule has 0 heterocycles. The average Bonchev–Trinajstić information content (AvgIpc) is 3.03. The molecule has 0 aliphatic rings. The molecule has 0 radical (unpaired) electrons. The molecule has 0 aromatic heterocycles. The fraction of sp³-hybridized carbons (Fsp3) is 0.257. The van der Waals surface area contributed by atoms with Crippen molar-refractivity contribution >= 4 is 27.5 Å². The summed E-state index contributed by atoms with van der Waals surface area (Å²) in [5.41, 5.74) is 1.92. The van der Waals surface area contributed by atoms with Crippen molar-refractivity contribution < 1.29 is 22.7 Å². The SMILES string of the molecule is CCOc1ccccc1N(CC(=O)N(Cc1ccccc1)C(Cc1ccccc1)C(=O)NC(C)C)S(=O)(=O)c1ccccc1. The Morgan fingerprint density at radius 1 is 0.773 bits per heavy atom. The lowest BCUT2D eigenvalue weighted by Gasteiger charge is -2.34. The van der Waals surface area contributed by atoms with E-state index in [1.54, 1.807) is 49.4 Å². The maximum Gasteiger partial charge on any atom is 0.264 e. The van der Waals surface area contributed by atoms with Crippen LogP contribution in [0.4, 0.5) is 5.69 Å². The quantitative estimate of drug-likeness (QED) is 0.204. The van der Waals surface area contributed by atoms with Gasteiger partial charge in [-0.15, -0.1) is 0 Å². The third kappa shape index (κ3) is 8.26. The number of carbonyl (C=O) groups is 2. The number of sulfonamides is 1. The molecule has 1 unspecified atom stereocenters. The number of carbonyl (C=O) groups excluding carboxylic acids is 2. The highest BCUT2D eigenvalue weighted by Gasteiger charge is 2.35. The molecule has 44 heavy (non-hydrogen) atoms. The van der Waals surface area contributed by atoms with Crippen LogP contribution in [-0.4, -0.2) is 50.4 Å². The first kappa shape index (κ1) is 32.3. The van der Waals surface area contributed by atoms with Gasteiger partial charge >= 0.3 is 0 Å². The molecule has 4 aromatic carbocycles. The van der Waals surface area contributed by atoms with Gasteiger partial charge in [0.15, 0.2) is 0 Å². The lowest BCUT2D eigenvalue weighted by atomic mass is 10.0. The fourth-order valence-electron chi connectivity index (χ4n) is 4.89. The summed E-state index contributed by atoms with van der Waals surface area (Å²) in [7, 11) is -4.21. The number of ether oxygens (including phenoxy) is 1. The van der Waals surface area contributed by atoms with Gasteiger partial charge in [0.1, 0.15) is 18.3 Å². The van der Waals surface area contributed by atoms with Gasteiger partial charge < -0.3 is 15.0 Å². The van der Waals surface area contributed by atoms with Gasteiger partial charge in [0.2, 0.25) is 11.8 Å². The molecular formula is C35H39N3O5S. The van der Waals surface area contributed by atoms with E-state index in [0.717, 1.165) is 15.4 Å². The van der Waals surface area contributed by atoms with E-state index in [9.17, 15) is 18.0 Å². The maximum atomic E-state index is 14.5. The Morgan fingerprint density at radius 2 is 1.32 bits per heavy atom. The molecule has 0 spiro atoms. The van der Waals surface area contributed by atoms with Crippen LogP contribution in [0.15, 0.2) is 120 Å². The molecule has 0 fully saturated rings. The minimum absolute atomic E-state index is 0.0343. The molecule has 0 saturated heterocycles. The molecule has 4 aromatic rings. The normalized spacial score (nSPS) is 11.9. The first-order chi connectivity index (χ1) is 21.2. The second-order valence-corrected chi connectivity index (χ2v) is 12.5. The first-order valence-electron chi connectivity index (χ1n) is 14.7. The van der Waals surface area contributed by atoms with Crippen LogP contribution in [0.25, 0.3) is 0 Å². The summed E-state index contributed by atoms with van der Waals surface area (Å²) in [6.07, 6.45) is 0.249. The summed E-state index contributed by atoms with van der Waals surface area (Å²) in [5, 5.41) is 2.97. The topological polar surface area (TPSA) is 96.0 Å². The number of benzene rings is 4. The Labute approximate surface area is 260 Å². The summed E-state index contributed by atoms with van der Waals surface area (Å²) in [6.45, 7) is 5.39. The van der Waals surface area contributed by atoms with Crippen molar-refractivity contribution in [2.24, 2.45) is 0 Å². The van der Waals surface area contributed by atoms with Gasteiger partial charge in [-0.3, -0.25) is 13.9 Å². The van der Waals surface area contributed by atoms with Crippen molar-refractivity contribution in [3.8, 4) is 5.75 Å².